The Bertz CT molecular complexity index is 400. The largest absolute Gasteiger partial charge is 0.396 e. The predicted octanol–water partition coefficient (Wildman–Crippen LogP) is 2.67. The Hall–Kier alpha value is -0.520. The zero-order chi connectivity index (χ0) is 13.5. The van der Waals surface area contributed by atoms with Gasteiger partial charge in [-0.2, -0.15) is 0 Å². The van der Waals surface area contributed by atoms with E-state index in [0.717, 1.165) is 9.37 Å². The molecule has 2 unspecified atom stereocenters. The summed E-state index contributed by atoms with van der Waals surface area (Å²) in [7, 11) is 0. The molecule has 1 amide bonds. The van der Waals surface area contributed by atoms with Crippen molar-refractivity contribution >= 4 is 33.6 Å². The lowest BCUT2D eigenvalue weighted by Crippen LogP contribution is -2.39. The lowest BCUT2D eigenvalue weighted by molar-refractivity contribution is -0.119. The number of rotatable bonds is 6. The molecule has 0 fully saturated rings. The van der Waals surface area contributed by atoms with Gasteiger partial charge >= 0.3 is 0 Å². The first-order chi connectivity index (χ1) is 8.52. The van der Waals surface area contributed by atoms with Gasteiger partial charge in [-0.3, -0.25) is 4.79 Å². The van der Waals surface area contributed by atoms with Gasteiger partial charge in [-0.15, -0.1) is 11.8 Å². The van der Waals surface area contributed by atoms with E-state index >= 15 is 0 Å². The molecular formula is C13H18BrNO2S. The minimum absolute atomic E-state index is 0.00669. The van der Waals surface area contributed by atoms with Crippen molar-refractivity contribution in [1.29, 1.82) is 0 Å². The third kappa shape index (κ3) is 5.42. The lowest BCUT2D eigenvalue weighted by Gasteiger charge is -2.19. The second-order valence-electron chi connectivity index (χ2n) is 4.26. The highest BCUT2D eigenvalue weighted by atomic mass is 79.9. The van der Waals surface area contributed by atoms with E-state index in [1.165, 1.54) is 11.8 Å². The summed E-state index contributed by atoms with van der Waals surface area (Å²) in [5.41, 5.74) is 0. The van der Waals surface area contributed by atoms with Gasteiger partial charge in [0.25, 0.3) is 0 Å². The Morgan fingerprint density at radius 2 is 2.22 bits per heavy atom. The third-order valence-corrected chi connectivity index (χ3v) is 4.18. The fourth-order valence-corrected chi connectivity index (χ4v) is 2.62. The number of thioether (sulfide) groups is 1. The minimum atomic E-state index is -0.00869. The van der Waals surface area contributed by atoms with Crippen molar-refractivity contribution in [1.82, 2.24) is 5.32 Å². The maximum absolute atomic E-state index is 11.7. The molecule has 3 nitrogen and oxygen atoms in total. The van der Waals surface area contributed by atoms with Crippen LogP contribution in [0.1, 0.15) is 13.8 Å². The Kier molecular flexibility index (Phi) is 6.75. The van der Waals surface area contributed by atoms with Crippen LogP contribution in [0, 0.1) is 5.92 Å². The summed E-state index contributed by atoms with van der Waals surface area (Å²) in [6.45, 7) is 3.90. The molecule has 0 aliphatic rings. The summed E-state index contributed by atoms with van der Waals surface area (Å²) in [6, 6.07) is 7.85. The Morgan fingerprint density at radius 3 is 2.83 bits per heavy atom. The number of carbonyl (C=O) groups excluding carboxylic acids is 1. The van der Waals surface area contributed by atoms with E-state index in [0.29, 0.717) is 5.75 Å². The first kappa shape index (κ1) is 15.5. The quantitative estimate of drug-likeness (QED) is 0.788. The van der Waals surface area contributed by atoms with Gasteiger partial charge in [-0.1, -0.05) is 28.9 Å². The van der Waals surface area contributed by atoms with Crippen molar-refractivity contribution in [2.24, 2.45) is 5.92 Å². The number of hydrogen-bond acceptors (Lipinski definition) is 3. The molecule has 0 saturated heterocycles. The summed E-state index contributed by atoms with van der Waals surface area (Å²) in [5, 5.41) is 11.9. The maximum Gasteiger partial charge on any atom is 0.230 e. The number of halogens is 1. The van der Waals surface area contributed by atoms with Gasteiger partial charge in [0.1, 0.15) is 0 Å². The van der Waals surface area contributed by atoms with Crippen LogP contribution in [-0.2, 0) is 4.79 Å². The second kappa shape index (κ2) is 7.81. The molecule has 0 saturated carbocycles. The molecule has 1 aromatic rings. The van der Waals surface area contributed by atoms with Crippen LogP contribution in [0.2, 0.25) is 0 Å². The number of hydrogen-bond donors (Lipinski definition) is 2. The molecule has 1 rings (SSSR count). The van der Waals surface area contributed by atoms with Crippen molar-refractivity contribution in [3.63, 3.8) is 0 Å². The zero-order valence-corrected chi connectivity index (χ0v) is 12.9. The molecule has 0 aliphatic carbocycles. The summed E-state index contributed by atoms with van der Waals surface area (Å²) in [5.74, 6) is 0.455. The maximum atomic E-state index is 11.7. The van der Waals surface area contributed by atoms with Gasteiger partial charge in [0.15, 0.2) is 0 Å². The van der Waals surface area contributed by atoms with E-state index in [4.69, 9.17) is 5.11 Å². The number of nitrogens with one attached hydrogen (secondary N) is 1. The molecule has 2 N–H and O–H groups in total. The molecule has 18 heavy (non-hydrogen) atoms. The van der Waals surface area contributed by atoms with E-state index < -0.39 is 0 Å². The summed E-state index contributed by atoms with van der Waals surface area (Å²) in [4.78, 5) is 12.8. The standard InChI is InChI=1S/C13H18BrNO2S/c1-9(7-16)10(2)15-13(17)8-18-12-5-3-4-11(14)6-12/h3-6,9-10,16H,7-8H2,1-2H3,(H,15,17). The molecule has 0 aromatic heterocycles. The molecule has 0 aliphatic heterocycles. The first-order valence-corrected chi connectivity index (χ1v) is 7.59. The molecule has 1 aromatic carbocycles. The molecule has 0 bridgehead atoms. The van der Waals surface area contributed by atoms with Gasteiger partial charge in [-0.25, -0.2) is 0 Å². The molecular weight excluding hydrogens is 314 g/mol. The van der Waals surface area contributed by atoms with Gasteiger partial charge in [0.05, 0.1) is 5.75 Å². The number of carbonyl (C=O) groups is 1. The molecule has 0 spiro atoms. The average Bonchev–Trinajstić information content (AvgIpc) is 2.35. The fraction of sp³-hybridized carbons (Fsp3) is 0.462. The fourth-order valence-electron chi connectivity index (χ4n) is 1.30. The van der Waals surface area contributed by atoms with Crippen molar-refractivity contribution < 1.29 is 9.90 Å². The van der Waals surface area contributed by atoms with Gasteiger partial charge in [0.2, 0.25) is 5.91 Å². The van der Waals surface area contributed by atoms with Crippen LogP contribution in [0.25, 0.3) is 0 Å². The SMILES string of the molecule is CC(CO)C(C)NC(=O)CSc1cccc(Br)c1. The summed E-state index contributed by atoms with van der Waals surface area (Å²) >= 11 is 4.90. The minimum Gasteiger partial charge on any atom is -0.396 e. The molecule has 5 heteroatoms. The van der Waals surface area contributed by atoms with Crippen molar-refractivity contribution in [3.8, 4) is 0 Å². The Labute approximate surface area is 120 Å². The Morgan fingerprint density at radius 1 is 1.50 bits per heavy atom. The summed E-state index contributed by atoms with van der Waals surface area (Å²) < 4.78 is 1.01. The smallest absolute Gasteiger partial charge is 0.230 e. The van der Waals surface area contributed by atoms with Crippen LogP contribution in [0.15, 0.2) is 33.6 Å². The summed E-state index contributed by atoms with van der Waals surface area (Å²) in [6.07, 6.45) is 0. The van der Waals surface area contributed by atoms with E-state index in [9.17, 15) is 4.79 Å². The first-order valence-electron chi connectivity index (χ1n) is 5.81. The second-order valence-corrected chi connectivity index (χ2v) is 6.23. The Balaban J connectivity index is 2.37. The highest BCUT2D eigenvalue weighted by molar-refractivity contribution is 9.10. The van der Waals surface area contributed by atoms with Crippen LogP contribution in [-0.4, -0.2) is 29.4 Å². The zero-order valence-electron chi connectivity index (χ0n) is 10.5. The van der Waals surface area contributed by atoms with Crippen molar-refractivity contribution in [2.45, 2.75) is 24.8 Å². The molecule has 100 valence electrons. The molecule has 0 heterocycles. The van der Waals surface area contributed by atoms with E-state index in [-0.39, 0.29) is 24.5 Å². The predicted molar refractivity (Wildman–Crippen MR) is 78.7 cm³/mol. The third-order valence-electron chi connectivity index (χ3n) is 2.70. The van der Waals surface area contributed by atoms with Gasteiger partial charge in [-0.05, 0) is 31.0 Å². The van der Waals surface area contributed by atoms with Gasteiger partial charge in [0, 0.05) is 22.0 Å². The average molecular weight is 332 g/mol. The topological polar surface area (TPSA) is 49.3 Å². The van der Waals surface area contributed by atoms with E-state index in [1.54, 1.807) is 0 Å². The molecule has 0 radical (unpaired) electrons. The highest BCUT2D eigenvalue weighted by Crippen LogP contribution is 2.21. The van der Waals surface area contributed by atoms with E-state index in [2.05, 4.69) is 21.2 Å². The highest BCUT2D eigenvalue weighted by Gasteiger charge is 2.13. The monoisotopic (exact) mass is 331 g/mol. The van der Waals surface area contributed by atoms with Crippen LogP contribution >= 0.6 is 27.7 Å². The lowest BCUT2D eigenvalue weighted by atomic mass is 10.1. The van der Waals surface area contributed by atoms with Crippen LogP contribution < -0.4 is 5.32 Å². The van der Waals surface area contributed by atoms with Crippen LogP contribution in [0.3, 0.4) is 0 Å². The van der Waals surface area contributed by atoms with Crippen LogP contribution in [0.4, 0.5) is 0 Å². The van der Waals surface area contributed by atoms with Crippen LogP contribution in [0.5, 0.6) is 0 Å². The van der Waals surface area contributed by atoms with E-state index in [1.807, 2.05) is 38.1 Å². The number of aliphatic hydroxyl groups excluding tert-OH is 1. The van der Waals surface area contributed by atoms with Gasteiger partial charge < -0.3 is 10.4 Å². The van der Waals surface area contributed by atoms with Crippen molar-refractivity contribution in [2.75, 3.05) is 12.4 Å². The molecule has 2 atom stereocenters. The van der Waals surface area contributed by atoms with Crippen molar-refractivity contribution in [3.05, 3.63) is 28.7 Å². The number of amides is 1. The number of benzene rings is 1. The number of aliphatic hydroxyl groups is 1. The normalized spacial score (nSPS) is 14.0.